The molecular formula is C24H25NO6. The third-order valence-electron chi connectivity index (χ3n) is 6.12. The van der Waals surface area contributed by atoms with E-state index in [2.05, 4.69) is 4.90 Å². The van der Waals surface area contributed by atoms with Crippen molar-refractivity contribution in [3.63, 3.8) is 0 Å². The fourth-order valence-corrected chi connectivity index (χ4v) is 4.69. The van der Waals surface area contributed by atoms with Crippen molar-refractivity contribution in [2.24, 2.45) is 0 Å². The molecule has 5 rings (SSSR count). The molecule has 0 saturated heterocycles. The smallest absolute Gasteiger partial charge is 0.339 e. The van der Waals surface area contributed by atoms with Crippen LogP contribution in [0.15, 0.2) is 33.5 Å². The van der Waals surface area contributed by atoms with Crippen LogP contribution in [0.25, 0.3) is 11.0 Å². The van der Waals surface area contributed by atoms with Crippen LogP contribution < -0.4 is 24.6 Å². The van der Waals surface area contributed by atoms with Crippen LogP contribution in [0.5, 0.6) is 23.0 Å². The van der Waals surface area contributed by atoms with Crippen LogP contribution >= 0.6 is 0 Å². The van der Waals surface area contributed by atoms with E-state index >= 15 is 0 Å². The number of ether oxygens (including phenoxy) is 4. The van der Waals surface area contributed by atoms with Gasteiger partial charge in [-0.2, -0.15) is 0 Å². The van der Waals surface area contributed by atoms with E-state index in [1.807, 2.05) is 24.3 Å². The zero-order valence-electron chi connectivity index (χ0n) is 17.9. The summed E-state index contributed by atoms with van der Waals surface area (Å²) in [6.45, 7) is 1.66. The average Bonchev–Trinajstić information content (AvgIpc) is 3.29. The molecule has 0 unspecified atom stereocenters. The van der Waals surface area contributed by atoms with Gasteiger partial charge in [0, 0.05) is 24.0 Å². The lowest BCUT2D eigenvalue weighted by molar-refractivity contribution is 0.0888. The van der Waals surface area contributed by atoms with Crippen LogP contribution in [-0.4, -0.2) is 33.0 Å². The van der Waals surface area contributed by atoms with Gasteiger partial charge < -0.3 is 23.4 Å². The first kappa shape index (κ1) is 19.8. The molecule has 0 spiro atoms. The number of methoxy groups -OCH3 is 3. The number of rotatable bonds is 5. The third kappa shape index (κ3) is 3.29. The predicted octanol–water partition coefficient (Wildman–Crippen LogP) is 3.66. The molecule has 0 N–H and O–H groups in total. The summed E-state index contributed by atoms with van der Waals surface area (Å²) in [7, 11) is 4.80. The molecule has 0 fully saturated rings. The Morgan fingerprint density at radius 3 is 2.42 bits per heavy atom. The van der Waals surface area contributed by atoms with Gasteiger partial charge in [-0.25, -0.2) is 4.79 Å². The van der Waals surface area contributed by atoms with Crippen molar-refractivity contribution in [3.8, 4) is 23.0 Å². The normalized spacial score (nSPS) is 15.3. The van der Waals surface area contributed by atoms with E-state index in [9.17, 15) is 4.79 Å². The van der Waals surface area contributed by atoms with E-state index < -0.39 is 0 Å². The Balaban J connectivity index is 1.49. The Kier molecular flexibility index (Phi) is 4.98. The minimum Gasteiger partial charge on any atom is -0.493 e. The highest BCUT2D eigenvalue weighted by molar-refractivity contribution is 5.86. The summed E-state index contributed by atoms with van der Waals surface area (Å²) >= 11 is 0. The molecule has 2 aromatic carbocycles. The Bertz CT molecular complexity index is 1190. The van der Waals surface area contributed by atoms with Crippen molar-refractivity contribution in [2.45, 2.75) is 32.4 Å². The third-order valence-corrected chi connectivity index (χ3v) is 6.12. The summed E-state index contributed by atoms with van der Waals surface area (Å²) < 4.78 is 28.2. The molecule has 7 nitrogen and oxygen atoms in total. The minimum atomic E-state index is -0.213. The number of benzene rings is 2. The van der Waals surface area contributed by atoms with Crippen LogP contribution in [0, 0.1) is 0 Å². The molecule has 1 aromatic heterocycles. The largest absolute Gasteiger partial charge is 0.493 e. The van der Waals surface area contributed by atoms with Crippen LogP contribution in [-0.2, 0) is 25.9 Å². The Hall–Kier alpha value is -3.19. The first-order chi connectivity index (χ1) is 15.1. The van der Waals surface area contributed by atoms with Gasteiger partial charge in [-0.3, -0.25) is 4.90 Å². The number of aryl methyl sites for hydroxylation is 1. The fraction of sp³-hybridized carbons (Fsp3) is 0.375. The highest BCUT2D eigenvalue weighted by Gasteiger charge is 2.26. The summed E-state index contributed by atoms with van der Waals surface area (Å²) in [4.78, 5) is 14.7. The number of nitrogens with zero attached hydrogens (tertiary/aromatic N) is 1. The molecule has 1 aliphatic heterocycles. The summed E-state index contributed by atoms with van der Waals surface area (Å²) in [6, 6.07) is 7.89. The molecule has 0 amide bonds. The second-order valence-electron chi connectivity index (χ2n) is 7.91. The molecular weight excluding hydrogens is 398 g/mol. The standard InChI is InChI=1S/C24H25NO6/c1-27-20-9-14(10-21(28-2)23(20)29-3)11-25-12-18-19(30-13-25)8-7-16-15-5-4-6-17(15)24(26)31-22(16)18/h7-10H,4-6,11-13H2,1-3H3. The average molecular weight is 423 g/mol. The number of hydrogen-bond donors (Lipinski definition) is 0. The maximum atomic E-state index is 12.5. The van der Waals surface area contributed by atoms with Gasteiger partial charge in [-0.05, 0) is 54.7 Å². The first-order valence-corrected chi connectivity index (χ1v) is 10.4. The Morgan fingerprint density at radius 1 is 0.968 bits per heavy atom. The van der Waals surface area contributed by atoms with E-state index in [4.69, 9.17) is 23.4 Å². The van der Waals surface area contributed by atoms with Crippen molar-refractivity contribution in [2.75, 3.05) is 28.1 Å². The van der Waals surface area contributed by atoms with E-state index in [1.54, 1.807) is 21.3 Å². The van der Waals surface area contributed by atoms with Crippen LogP contribution in [0.3, 0.4) is 0 Å². The zero-order valence-corrected chi connectivity index (χ0v) is 17.9. The predicted molar refractivity (Wildman–Crippen MR) is 115 cm³/mol. The van der Waals surface area contributed by atoms with E-state index in [-0.39, 0.29) is 5.63 Å². The fourth-order valence-electron chi connectivity index (χ4n) is 4.69. The highest BCUT2D eigenvalue weighted by Crippen LogP contribution is 2.40. The van der Waals surface area contributed by atoms with Gasteiger partial charge in [0.15, 0.2) is 11.5 Å². The van der Waals surface area contributed by atoms with Gasteiger partial charge in [-0.15, -0.1) is 0 Å². The van der Waals surface area contributed by atoms with Crippen molar-refractivity contribution >= 4 is 11.0 Å². The van der Waals surface area contributed by atoms with E-state index in [0.717, 1.165) is 52.7 Å². The van der Waals surface area contributed by atoms with Gasteiger partial charge in [0.25, 0.3) is 0 Å². The van der Waals surface area contributed by atoms with Gasteiger partial charge in [0.05, 0.1) is 26.9 Å². The number of hydrogen-bond acceptors (Lipinski definition) is 7. The quantitative estimate of drug-likeness (QED) is 0.580. The molecule has 3 aromatic rings. The van der Waals surface area contributed by atoms with E-state index in [0.29, 0.717) is 42.7 Å². The lowest BCUT2D eigenvalue weighted by atomic mass is 10.0. The van der Waals surface area contributed by atoms with Crippen molar-refractivity contribution in [1.82, 2.24) is 4.90 Å². The van der Waals surface area contributed by atoms with E-state index in [1.165, 1.54) is 0 Å². The second-order valence-corrected chi connectivity index (χ2v) is 7.91. The van der Waals surface area contributed by atoms with Crippen molar-refractivity contribution < 1.29 is 23.4 Å². The van der Waals surface area contributed by atoms with Gasteiger partial charge in [0.1, 0.15) is 18.1 Å². The Morgan fingerprint density at radius 2 is 1.71 bits per heavy atom. The van der Waals surface area contributed by atoms with Crippen LogP contribution in [0.1, 0.15) is 28.7 Å². The van der Waals surface area contributed by atoms with Gasteiger partial charge >= 0.3 is 5.63 Å². The SMILES string of the molecule is COc1cc(CN2COc3ccc4c5c(c(=O)oc4c3C2)CCC5)cc(OC)c1OC. The second kappa shape index (κ2) is 7.81. The summed E-state index contributed by atoms with van der Waals surface area (Å²) in [5.74, 6) is 2.56. The molecule has 7 heteroatoms. The van der Waals surface area contributed by atoms with Gasteiger partial charge in [-0.1, -0.05) is 0 Å². The molecule has 162 valence electrons. The monoisotopic (exact) mass is 423 g/mol. The summed E-state index contributed by atoms with van der Waals surface area (Å²) in [5.41, 5.74) is 4.33. The molecule has 2 aliphatic rings. The topological polar surface area (TPSA) is 70.4 Å². The van der Waals surface area contributed by atoms with Crippen molar-refractivity contribution in [3.05, 3.63) is 56.9 Å². The maximum absolute atomic E-state index is 12.5. The lowest BCUT2D eigenvalue weighted by Crippen LogP contribution is -2.31. The zero-order chi connectivity index (χ0) is 21.5. The molecule has 0 bridgehead atoms. The minimum absolute atomic E-state index is 0.213. The molecule has 0 radical (unpaired) electrons. The van der Waals surface area contributed by atoms with Crippen molar-refractivity contribution in [1.29, 1.82) is 0 Å². The molecule has 31 heavy (non-hydrogen) atoms. The molecule has 1 aliphatic carbocycles. The molecule has 0 saturated carbocycles. The first-order valence-electron chi connectivity index (χ1n) is 10.4. The number of fused-ring (bicyclic) bond motifs is 5. The van der Waals surface area contributed by atoms with Crippen LogP contribution in [0.2, 0.25) is 0 Å². The molecule has 0 atom stereocenters. The Labute approximate surface area is 180 Å². The molecule has 2 heterocycles. The van der Waals surface area contributed by atoms with Crippen LogP contribution in [0.4, 0.5) is 0 Å². The summed E-state index contributed by atoms with van der Waals surface area (Å²) in [5, 5.41) is 1.03. The van der Waals surface area contributed by atoms with Gasteiger partial charge in [0.2, 0.25) is 5.75 Å². The highest BCUT2D eigenvalue weighted by atomic mass is 16.5. The lowest BCUT2D eigenvalue weighted by Gasteiger charge is -2.29. The maximum Gasteiger partial charge on any atom is 0.339 e. The summed E-state index contributed by atoms with van der Waals surface area (Å²) in [6.07, 6.45) is 2.72.